The number of hydrogen-bond acceptors (Lipinski definition) is 5. The number of carbonyl (C=O) groups excluding carboxylic acids is 1. The topological polar surface area (TPSA) is 75.5 Å². The van der Waals surface area contributed by atoms with Crippen LogP contribution in [0.3, 0.4) is 0 Å². The van der Waals surface area contributed by atoms with Gasteiger partial charge in [0.15, 0.2) is 5.82 Å². The van der Waals surface area contributed by atoms with Crippen LogP contribution in [0.4, 0.5) is 10.5 Å². The smallest absolute Gasteiger partial charge is 0.317 e. The number of nitrogens with zero attached hydrogens (tertiary/aromatic N) is 5. The summed E-state index contributed by atoms with van der Waals surface area (Å²) in [6.07, 6.45) is 1.77. The molecule has 0 radical (unpaired) electrons. The first-order chi connectivity index (χ1) is 12.6. The molecule has 26 heavy (non-hydrogen) atoms. The molecule has 1 aliphatic heterocycles. The number of aryl methyl sites for hydroxylation is 1. The molecule has 8 nitrogen and oxygen atoms in total. The van der Waals surface area contributed by atoms with Crippen LogP contribution in [0.1, 0.15) is 11.4 Å². The molecule has 0 atom stereocenters. The average molecular weight is 358 g/mol. The van der Waals surface area contributed by atoms with Gasteiger partial charge in [-0.2, -0.15) is 5.10 Å². The molecule has 0 aliphatic carbocycles. The summed E-state index contributed by atoms with van der Waals surface area (Å²) in [7, 11) is 1.63. The van der Waals surface area contributed by atoms with Crippen molar-refractivity contribution >= 4 is 11.7 Å². The second-order valence-corrected chi connectivity index (χ2v) is 6.32. The van der Waals surface area contributed by atoms with Crippen LogP contribution in [-0.4, -0.2) is 72.1 Å². The largest absolute Gasteiger partial charge is 0.383 e. The first kappa shape index (κ1) is 18.2. The second kappa shape index (κ2) is 8.18. The molecular formula is C18H26N6O2. The van der Waals surface area contributed by atoms with Crippen LogP contribution in [-0.2, 0) is 4.74 Å². The Morgan fingerprint density at radius 2 is 2.00 bits per heavy atom. The van der Waals surface area contributed by atoms with E-state index in [0.29, 0.717) is 26.2 Å². The molecule has 3 rings (SSSR count). The van der Waals surface area contributed by atoms with E-state index >= 15 is 0 Å². The van der Waals surface area contributed by atoms with Crippen molar-refractivity contribution in [2.45, 2.75) is 13.8 Å². The van der Waals surface area contributed by atoms with Gasteiger partial charge in [0.05, 0.1) is 23.7 Å². The summed E-state index contributed by atoms with van der Waals surface area (Å²) in [5, 5.41) is 7.54. The lowest BCUT2D eigenvalue weighted by molar-refractivity contribution is 0.177. The Labute approximate surface area is 153 Å². The summed E-state index contributed by atoms with van der Waals surface area (Å²) in [5.74, 6) is 0.815. The molecule has 1 fully saturated rings. The van der Waals surface area contributed by atoms with Crippen LogP contribution in [0, 0.1) is 13.8 Å². The number of amides is 2. The molecule has 2 aromatic rings. The molecule has 3 heterocycles. The van der Waals surface area contributed by atoms with Crippen LogP contribution in [0.15, 0.2) is 24.4 Å². The van der Waals surface area contributed by atoms with E-state index in [1.54, 1.807) is 13.3 Å². The van der Waals surface area contributed by atoms with Crippen molar-refractivity contribution in [1.29, 1.82) is 0 Å². The quantitative estimate of drug-likeness (QED) is 0.817. The summed E-state index contributed by atoms with van der Waals surface area (Å²) < 4.78 is 6.85. The van der Waals surface area contributed by atoms with Gasteiger partial charge in [0.2, 0.25) is 0 Å². The lowest BCUT2D eigenvalue weighted by Crippen LogP contribution is -2.52. The number of nitrogens with one attached hydrogen (secondary N) is 1. The fourth-order valence-electron chi connectivity index (χ4n) is 3.30. The minimum atomic E-state index is -0.0284. The van der Waals surface area contributed by atoms with Gasteiger partial charge in [0.25, 0.3) is 0 Å². The van der Waals surface area contributed by atoms with Gasteiger partial charge < -0.3 is 19.9 Å². The Morgan fingerprint density at radius 3 is 2.65 bits per heavy atom. The van der Waals surface area contributed by atoms with Crippen LogP contribution in [0.2, 0.25) is 0 Å². The first-order valence-corrected chi connectivity index (χ1v) is 8.86. The molecule has 140 valence electrons. The molecule has 0 saturated carbocycles. The van der Waals surface area contributed by atoms with E-state index in [1.165, 1.54) is 0 Å². The number of piperazine rings is 1. The van der Waals surface area contributed by atoms with Crippen molar-refractivity contribution in [1.82, 2.24) is 25.0 Å². The molecule has 0 aromatic carbocycles. The fourth-order valence-corrected chi connectivity index (χ4v) is 3.30. The monoisotopic (exact) mass is 358 g/mol. The van der Waals surface area contributed by atoms with Crippen molar-refractivity contribution in [3.05, 3.63) is 35.8 Å². The van der Waals surface area contributed by atoms with Gasteiger partial charge in [-0.1, -0.05) is 6.07 Å². The Kier molecular flexibility index (Phi) is 5.72. The Balaban J connectivity index is 1.67. The van der Waals surface area contributed by atoms with E-state index in [4.69, 9.17) is 4.74 Å². The van der Waals surface area contributed by atoms with Gasteiger partial charge in [0.1, 0.15) is 0 Å². The van der Waals surface area contributed by atoms with Crippen molar-refractivity contribution in [2.24, 2.45) is 0 Å². The molecule has 2 amide bonds. The highest BCUT2D eigenvalue weighted by atomic mass is 16.5. The maximum absolute atomic E-state index is 12.2. The highest BCUT2D eigenvalue weighted by Crippen LogP contribution is 2.27. The number of methoxy groups -OCH3 is 1. The molecule has 2 aromatic heterocycles. The summed E-state index contributed by atoms with van der Waals surface area (Å²) in [6, 6.07) is 5.78. The zero-order valence-electron chi connectivity index (χ0n) is 15.6. The molecule has 1 saturated heterocycles. The van der Waals surface area contributed by atoms with Crippen molar-refractivity contribution in [2.75, 3.05) is 51.3 Å². The summed E-state index contributed by atoms with van der Waals surface area (Å²) in [5.41, 5.74) is 3.18. The number of carbonyl (C=O) groups is 1. The van der Waals surface area contributed by atoms with Crippen molar-refractivity contribution in [3.8, 4) is 5.82 Å². The molecule has 1 aliphatic rings. The highest BCUT2D eigenvalue weighted by molar-refractivity contribution is 5.74. The van der Waals surface area contributed by atoms with Crippen LogP contribution < -0.4 is 10.2 Å². The second-order valence-electron chi connectivity index (χ2n) is 6.32. The number of urea groups is 1. The van der Waals surface area contributed by atoms with Crippen LogP contribution in [0.25, 0.3) is 5.82 Å². The predicted molar refractivity (Wildman–Crippen MR) is 99.9 cm³/mol. The number of hydrogen-bond donors (Lipinski definition) is 1. The Morgan fingerprint density at radius 1 is 1.23 bits per heavy atom. The van der Waals surface area contributed by atoms with E-state index in [0.717, 1.165) is 36.0 Å². The lowest BCUT2D eigenvalue weighted by atomic mass is 10.2. The summed E-state index contributed by atoms with van der Waals surface area (Å²) in [4.78, 5) is 20.7. The van der Waals surface area contributed by atoms with Gasteiger partial charge in [-0.15, -0.1) is 0 Å². The third kappa shape index (κ3) is 3.80. The Hall–Kier alpha value is -2.61. The molecule has 8 heteroatoms. The maximum atomic E-state index is 12.2. The van der Waals surface area contributed by atoms with E-state index in [2.05, 4.69) is 27.2 Å². The number of aromatic nitrogens is 3. The van der Waals surface area contributed by atoms with Gasteiger partial charge in [-0.3, -0.25) is 0 Å². The van der Waals surface area contributed by atoms with E-state index < -0.39 is 0 Å². The van der Waals surface area contributed by atoms with Gasteiger partial charge in [-0.25, -0.2) is 14.5 Å². The SMILES string of the molecule is COCCNC(=O)N1CCN(c2c(C)nn(-c3ccccn3)c2C)CC1. The zero-order chi connectivity index (χ0) is 18.5. The third-order valence-electron chi connectivity index (χ3n) is 4.58. The lowest BCUT2D eigenvalue weighted by Gasteiger charge is -2.36. The average Bonchev–Trinajstić information content (AvgIpc) is 2.97. The Bertz CT molecular complexity index is 738. The van der Waals surface area contributed by atoms with E-state index in [1.807, 2.05) is 34.7 Å². The zero-order valence-corrected chi connectivity index (χ0v) is 15.6. The molecular weight excluding hydrogens is 332 g/mol. The normalized spacial score (nSPS) is 14.6. The van der Waals surface area contributed by atoms with Gasteiger partial charge >= 0.3 is 6.03 Å². The van der Waals surface area contributed by atoms with E-state index in [9.17, 15) is 4.79 Å². The minimum absolute atomic E-state index is 0.0284. The minimum Gasteiger partial charge on any atom is -0.383 e. The third-order valence-corrected chi connectivity index (χ3v) is 4.58. The molecule has 0 unspecified atom stereocenters. The van der Waals surface area contributed by atoms with Crippen LogP contribution >= 0.6 is 0 Å². The standard InChI is InChI=1S/C18H26N6O2/c1-14-17(15(2)24(21-14)16-6-4-5-7-19-16)22-9-11-23(12-10-22)18(25)20-8-13-26-3/h4-7H,8-13H2,1-3H3,(H,20,25). The van der Waals surface area contributed by atoms with Crippen molar-refractivity contribution in [3.63, 3.8) is 0 Å². The molecule has 0 spiro atoms. The summed E-state index contributed by atoms with van der Waals surface area (Å²) >= 11 is 0. The number of anilines is 1. The first-order valence-electron chi connectivity index (χ1n) is 8.86. The number of pyridine rings is 1. The van der Waals surface area contributed by atoms with E-state index in [-0.39, 0.29) is 6.03 Å². The van der Waals surface area contributed by atoms with Gasteiger partial charge in [-0.05, 0) is 26.0 Å². The number of rotatable bonds is 5. The highest BCUT2D eigenvalue weighted by Gasteiger charge is 2.25. The van der Waals surface area contributed by atoms with Crippen molar-refractivity contribution < 1.29 is 9.53 Å². The molecule has 1 N–H and O–H groups in total. The number of ether oxygens (including phenoxy) is 1. The maximum Gasteiger partial charge on any atom is 0.317 e. The molecule has 0 bridgehead atoms. The summed E-state index contributed by atoms with van der Waals surface area (Å²) in [6.45, 7) is 8.08. The van der Waals surface area contributed by atoms with Crippen LogP contribution in [0.5, 0.6) is 0 Å². The van der Waals surface area contributed by atoms with Gasteiger partial charge in [0, 0.05) is 46.0 Å². The fraction of sp³-hybridized carbons (Fsp3) is 0.500. The predicted octanol–water partition coefficient (Wildman–Crippen LogP) is 1.36.